The minimum Gasteiger partial charge on any atom is -0.507 e. The highest BCUT2D eigenvalue weighted by atomic mass is 35.5. The molecule has 2 aliphatic rings. The van der Waals surface area contributed by atoms with Crippen LogP contribution < -0.4 is 0 Å². The lowest BCUT2D eigenvalue weighted by atomic mass is 10.0. The predicted molar refractivity (Wildman–Crippen MR) is 62.2 cm³/mol. The van der Waals surface area contributed by atoms with Crippen molar-refractivity contribution in [3.8, 4) is 34.1 Å². The van der Waals surface area contributed by atoms with Gasteiger partial charge in [0.25, 0.3) is 0 Å². The lowest BCUT2D eigenvalue weighted by Crippen LogP contribution is -1.86. The first-order valence-corrected chi connectivity index (χ1v) is 5.27. The number of rotatable bonds is 0. The summed E-state index contributed by atoms with van der Waals surface area (Å²) in [6, 6.07) is 7.99. The number of aromatic hydroxyl groups is 1. The van der Waals surface area contributed by atoms with E-state index in [4.69, 9.17) is 16.9 Å². The lowest BCUT2D eigenvalue weighted by molar-refractivity contribution is 0.479. The zero-order valence-electron chi connectivity index (χ0n) is 8.46. The highest BCUT2D eigenvalue weighted by Gasteiger charge is 2.25. The second-order valence-corrected chi connectivity index (χ2v) is 4.19. The maximum atomic E-state index is 13.8. The molecule has 0 saturated carbocycles. The van der Waals surface area contributed by atoms with Gasteiger partial charge in [0.15, 0.2) is 0 Å². The number of nitriles is 1. The third-order valence-corrected chi connectivity index (χ3v) is 3.30. The van der Waals surface area contributed by atoms with E-state index in [1.54, 1.807) is 12.1 Å². The predicted octanol–water partition coefficient (Wildman–Crippen LogP) is 3.70. The molecule has 4 bridgehead atoms. The summed E-state index contributed by atoms with van der Waals surface area (Å²) in [6.07, 6.45) is 0. The van der Waals surface area contributed by atoms with E-state index < -0.39 is 5.82 Å². The van der Waals surface area contributed by atoms with Crippen molar-refractivity contribution < 1.29 is 9.50 Å². The van der Waals surface area contributed by atoms with Crippen LogP contribution in [0.3, 0.4) is 0 Å². The molecule has 0 spiro atoms. The Bertz CT molecular complexity index is 704. The molecule has 82 valence electrons. The number of hydrogen-bond acceptors (Lipinski definition) is 2. The molecular weight excluding hydrogens is 241 g/mol. The van der Waals surface area contributed by atoms with Crippen molar-refractivity contribution in [2.45, 2.75) is 0 Å². The van der Waals surface area contributed by atoms with Gasteiger partial charge in [-0.05, 0) is 17.7 Å². The Hall–Kier alpha value is -2.05. The SMILES string of the molecule is N#Cc1cc2c(O)c(c1Cl)-c1ccc-2cc1F. The number of fused-ring (bicyclic) bond motifs is 2. The highest BCUT2D eigenvalue weighted by Crippen LogP contribution is 2.48. The molecule has 0 heterocycles. The molecule has 0 radical (unpaired) electrons. The van der Waals surface area contributed by atoms with Gasteiger partial charge in [0, 0.05) is 16.7 Å². The second kappa shape index (κ2) is 3.22. The molecular formula is C13H5ClFNO. The molecule has 2 aromatic carbocycles. The largest absolute Gasteiger partial charge is 0.507 e. The summed E-state index contributed by atoms with van der Waals surface area (Å²) < 4.78 is 13.8. The first-order valence-electron chi connectivity index (χ1n) is 4.89. The maximum absolute atomic E-state index is 13.8. The van der Waals surface area contributed by atoms with Crippen LogP contribution in [-0.2, 0) is 0 Å². The Morgan fingerprint density at radius 2 is 2.00 bits per heavy atom. The van der Waals surface area contributed by atoms with Crippen molar-refractivity contribution in [1.29, 1.82) is 5.26 Å². The number of phenolic OH excluding ortho intramolecular Hbond substituents is 1. The van der Waals surface area contributed by atoms with Gasteiger partial charge in [-0.15, -0.1) is 0 Å². The average Bonchev–Trinajstić information content (AvgIpc) is 2.43. The topological polar surface area (TPSA) is 44.0 Å². The van der Waals surface area contributed by atoms with Crippen molar-refractivity contribution in [2.24, 2.45) is 0 Å². The third kappa shape index (κ3) is 1.19. The molecule has 0 amide bonds. The van der Waals surface area contributed by atoms with Crippen LogP contribution in [0.2, 0.25) is 5.02 Å². The van der Waals surface area contributed by atoms with Crippen LogP contribution >= 0.6 is 11.6 Å². The van der Waals surface area contributed by atoms with Crippen LogP contribution in [0, 0.1) is 17.1 Å². The Labute approximate surface area is 102 Å². The van der Waals surface area contributed by atoms with E-state index in [-0.39, 0.29) is 27.5 Å². The zero-order valence-corrected chi connectivity index (χ0v) is 9.22. The Morgan fingerprint density at radius 3 is 2.65 bits per heavy atom. The fourth-order valence-electron chi connectivity index (χ4n) is 2.08. The summed E-state index contributed by atoms with van der Waals surface area (Å²) in [7, 11) is 0. The first-order chi connectivity index (χ1) is 8.13. The summed E-state index contributed by atoms with van der Waals surface area (Å²) in [5.41, 5.74) is 1.61. The molecule has 1 N–H and O–H groups in total. The molecule has 0 aliphatic heterocycles. The maximum Gasteiger partial charge on any atom is 0.132 e. The molecule has 2 aromatic rings. The zero-order chi connectivity index (χ0) is 12.2. The molecule has 4 heteroatoms. The minimum atomic E-state index is -0.454. The monoisotopic (exact) mass is 245 g/mol. The summed E-state index contributed by atoms with van der Waals surface area (Å²) in [5, 5.41) is 19.1. The standard InChI is InChI=1S/C13H5ClFNO/c14-12-7(5-16)3-9-6-1-2-8(10(15)4-6)11(12)13(9)17/h1-4,17H. The molecule has 4 rings (SSSR count). The normalized spacial score (nSPS) is 11.1. The van der Waals surface area contributed by atoms with Crippen LogP contribution in [0.4, 0.5) is 4.39 Å². The smallest absolute Gasteiger partial charge is 0.132 e. The quantitative estimate of drug-likeness (QED) is 0.656. The summed E-state index contributed by atoms with van der Waals surface area (Å²) in [5.74, 6) is -0.530. The summed E-state index contributed by atoms with van der Waals surface area (Å²) >= 11 is 6.01. The number of hydrogen-bond donors (Lipinski definition) is 1. The highest BCUT2D eigenvalue weighted by molar-refractivity contribution is 6.35. The lowest BCUT2D eigenvalue weighted by Gasteiger charge is -2.08. The number of halogens is 2. The number of nitrogens with zero attached hydrogens (tertiary/aromatic N) is 1. The van der Waals surface area contributed by atoms with Gasteiger partial charge in [-0.3, -0.25) is 0 Å². The molecule has 2 aliphatic carbocycles. The number of benzene rings is 2. The molecule has 17 heavy (non-hydrogen) atoms. The summed E-state index contributed by atoms with van der Waals surface area (Å²) in [6.45, 7) is 0. The molecule has 0 atom stereocenters. The van der Waals surface area contributed by atoms with Crippen molar-refractivity contribution in [2.75, 3.05) is 0 Å². The molecule has 0 aromatic heterocycles. The van der Waals surface area contributed by atoms with Gasteiger partial charge in [0.05, 0.1) is 10.6 Å². The van der Waals surface area contributed by atoms with Gasteiger partial charge in [-0.1, -0.05) is 23.7 Å². The second-order valence-electron chi connectivity index (χ2n) is 3.82. The van der Waals surface area contributed by atoms with Crippen LogP contribution in [0.5, 0.6) is 5.75 Å². The fraction of sp³-hybridized carbons (Fsp3) is 0. The molecule has 0 saturated heterocycles. The van der Waals surface area contributed by atoms with E-state index in [1.165, 1.54) is 12.1 Å². The molecule has 0 fully saturated rings. The van der Waals surface area contributed by atoms with Gasteiger partial charge >= 0.3 is 0 Å². The van der Waals surface area contributed by atoms with Gasteiger partial charge in [0.2, 0.25) is 0 Å². The van der Waals surface area contributed by atoms with E-state index in [1.807, 2.05) is 6.07 Å². The molecule has 0 unspecified atom stereocenters. The van der Waals surface area contributed by atoms with Crippen molar-refractivity contribution in [3.05, 3.63) is 40.7 Å². The van der Waals surface area contributed by atoms with Gasteiger partial charge < -0.3 is 5.11 Å². The van der Waals surface area contributed by atoms with Crippen molar-refractivity contribution in [1.82, 2.24) is 0 Å². The van der Waals surface area contributed by atoms with E-state index in [0.717, 1.165) is 0 Å². The fourth-order valence-corrected chi connectivity index (χ4v) is 2.37. The van der Waals surface area contributed by atoms with Gasteiger partial charge in [-0.25, -0.2) is 4.39 Å². The van der Waals surface area contributed by atoms with Crippen molar-refractivity contribution in [3.63, 3.8) is 0 Å². The van der Waals surface area contributed by atoms with Crippen molar-refractivity contribution >= 4 is 11.6 Å². The number of phenols is 1. The Kier molecular flexibility index (Phi) is 1.92. The Morgan fingerprint density at radius 1 is 1.24 bits per heavy atom. The average molecular weight is 246 g/mol. The van der Waals surface area contributed by atoms with Gasteiger partial charge in [0.1, 0.15) is 17.6 Å². The van der Waals surface area contributed by atoms with Crippen LogP contribution in [0.15, 0.2) is 24.3 Å². The van der Waals surface area contributed by atoms with E-state index in [9.17, 15) is 9.50 Å². The first kappa shape index (κ1) is 10.1. The minimum absolute atomic E-state index is 0.0760. The van der Waals surface area contributed by atoms with Crippen LogP contribution in [0.25, 0.3) is 22.3 Å². The summed E-state index contributed by atoms with van der Waals surface area (Å²) in [4.78, 5) is 0. The van der Waals surface area contributed by atoms with E-state index in [0.29, 0.717) is 11.1 Å². The third-order valence-electron chi connectivity index (χ3n) is 2.91. The van der Waals surface area contributed by atoms with Crippen LogP contribution in [-0.4, -0.2) is 5.11 Å². The Balaban J connectivity index is 2.57. The van der Waals surface area contributed by atoms with Gasteiger partial charge in [-0.2, -0.15) is 5.26 Å². The molecule has 2 nitrogen and oxygen atoms in total. The van der Waals surface area contributed by atoms with E-state index in [2.05, 4.69) is 0 Å². The van der Waals surface area contributed by atoms with Crippen LogP contribution in [0.1, 0.15) is 5.56 Å². The van der Waals surface area contributed by atoms with E-state index >= 15 is 0 Å².